The van der Waals surface area contributed by atoms with Crippen LogP contribution < -0.4 is 5.32 Å². The van der Waals surface area contributed by atoms with Gasteiger partial charge >= 0.3 is 0 Å². The molecule has 1 saturated heterocycles. The van der Waals surface area contributed by atoms with Crippen molar-refractivity contribution in [2.45, 2.75) is 12.8 Å². The number of para-hydroxylation sites is 1. The maximum Gasteiger partial charge on any atom is 0.144 e. The van der Waals surface area contributed by atoms with E-state index in [2.05, 4.69) is 16.4 Å². The maximum absolute atomic E-state index is 12.0. The van der Waals surface area contributed by atoms with Crippen molar-refractivity contribution in [3.05, 3.63) is 29.3 Å². The second-order valence-corrected chi connectivity index (χ2v) is 5.52. The number of fused-ring (bicyclic) bond motifs is 1. The van der Waals surface area contributed by atoms with Crippen molar-refractivity contribution in [3.63, 3.8) is 0 Å². The number of nitrogens with zero attached hydrogens (tertiary/aromatic N) is 1. The lowest BCUT2D eigenvalue weighted by Crippen LogP contribution is -2.19. The van der Waals surface area contributed by atoms with E-state index >= 15 is 0 Å². The molecule has 4 heteroatoms. The smallest absolute Gasteiger partial charge is 0.144 e. The molecule has 0 aliphatic carbocycles. The standard InChI is InChI=1S/C13H14N2OS/c16-11(9-5-6-14-8-9)7-13-15-10-3-1-2-4-12(10)17-13/h1-4,9,14H,5-8H2. The number of carbonyl (C=O) groups is 1. The number of ketones is 1. The molecule has 1 aromatic heterocycles. The van der Waals surface area contributed by atoms with Crippen molar-refractivity contribution in [2.24, 2.45) is 5.92 Å². The number of carbonyl (C=O) groups excluding carboxylic acids is 1. The Hall–Kier alpha value is -1.26. The van der Waals surface area contributed by atoms with E-state index in [1.165, 1.54) is 4.70 Å². The summed E-state index contributed by atoms with van der Waals surface area (Å²) in [7, 11) is 0. The van der Waals surface area contributed by atoms with Crippen molar-refractivity contribution < 1.29 is 4.79 Å². The van der Waals surface area contributed by atoms with E-state index < -0.39 is 0 Å². The first kappa shape index (κ1) is 10.9. The van der Waals surface area contributed by atoms with E-state index in [1.54, 1.807) is 11.3 Å². The number of Topliss-reactive ketones (excluding diaryl/α,β-unsaturated/α-hetero) is 1. The minimum absolute atomic E-state index is 0.196. The summed E-state index contributed by atoms with van der Waals surface area (Å²) >= 11 is 1.63. The number of hydrogen-bond donors (Lipinski definition) is 1. The Bertz CT molecular complexity index is 510. The van der Waals surface area contributed by atoms with Crippen LogP contribution in [0.25, 0.3) is 10.2 Å². The van der Waals surface area contributed by atoms with Gasteiger partial charge in [-0.15, -0.1) is 11.3 Å². The van der Waals surface area contributed by atoms with Crippen molar-refractivity contribution in [3.8, 4) is 0 Å². The molecule has 1 aliphatic rings. The van der Waals surface area contributed by atoms with Gasteiger partial charge in [-0.05, 0) is 25.1 Å². The molecule has 0 spiro atoms. The maximum atomic E-state index is 12.0. The van der Waals surface area contributed by atoms with Gasteiger partial charge in [0.2, 0.25) is 0 Å². The number of hydrogen-bond acceptors (Lipinski definition) is 4. The van der Waals surface area contributed by atoms with Crippen molar-refractivity contribution in [1.82, 2.24) is 10.3 Å². The molecule has 2 aromatic rings. The molecular formula is C13H14N2OS. The van der Waals surface area contributed by atoms with Gasteiger partial charge in [-0.3, -0.25) is 4.79 Å². The van der Waals surface area contributed by atoms with Gasteiger partial charge in [0.15, 0.2) is 0 Å². The van der Waals surface area contributed by atoms with E-state index in [9.17, 15) is 4.79 Å². The summed E-state index contributed by atoms with van der Waals surface area (Å²) in [6, 6.07) is 8.04. The van der Waals surface area contributed by atoms with Crippen LogP contribution in [0.5, 0.6) is 0 Å². The highest BCUT2D eigenvalue weighted by Gasteiger charge is 2.23. The third-order valence-electron chi connectivity index (χ3n) is 3.18. The lowest BCUT2D eigenvalue weighted by atomic mass is 10.0. The van der Waals surface area contributed by atoms with Crippen LogP contribution in [0.2, 0.25) is 0 Å². The molecule has 3 rings (SSSR count). The highest BCUT2D eigenvalue weighted by atomic mass is 32.1. The minimum Gasteiger partial charge on any atom is -0.316 e. The van der Waals surface area contributed by atoms with Gasteiger partial charge < -0.3 is 5.32 Å². The number of nitrogens with one attached hydrogen (secondary N) is 1. The fourth-order valence-corrected chi connectivity index (χ4v) is 3.20. The summed E-state index contributed by atoms with van der Waals surface area (Å²) in [6.07, 6.45) is 1.47. The summed E-state index contributed by atoms with van der Waals surface area (Å²) in [6.45, 7) is 1.81. The Morgan fingerprint density at radius 2 is 2.35 bits per heavy atom. The number of thiazole rings is 1. The molecule has 17 heavy (non-hydrogen) atoms. The first-order chi connectivity index (χ1) is 8.33. The number of rotatable bonds is 3. The van der Waals surface area contributed by atoms with Crippen LogP contribution >= 0.6 is 11.3 Å². The van der Waals surface area contributed by atoms with E-state index in [4.69, 9.17) is 0 Å². The molecule has 1 N–H and O–H groups in total. The molecule has 88 valence electrons. The monoisotopic (exact) mass is 246 g/mol. The second kappa shape index (κ2) is 4.55. The van der Waals surface area contributed by atoms with Gasteiger partial charge in [-0.2, -0.15) is 0 Å². The fourth-order valence-electron chi connectivity index (χ4n) is 2.22. The summed E-state index contributed by atoms with van der Waals surface area (Å²) in [5, 5.41) is 4.18. The van der Waals surface area contributed by atoms with E-state index in [0.29, 0.717) is 12.2 Å². The third kappa shape index (κ3) is 2.23. The van der Waals surface area contributed by atoms with Crippen molar-refractivity contribution in [2.75, 3.05) is 13.1 Å². The van der Waals surface area contributed by atoms with Crippen LogP contribution in [0, 0.1) is 5.92 Å². The molecule has 0 radical (unpaired) electrons. The predicted octanol–water partition coefficient (Wildman–Crippen LogP) is 2.02. The largest absolute Gasteiger partial charge is 0.316 e. The topological polar surface area (TPSA) is 42.0 Å². The highest BCUT2D eigenvalue weighted by molar-refractivity contribution is 7.18. The van der Waals surface area contributed by atoms with Crippen LogP contribution in [0.4, 0.5) is 0 Å². The summed E-state index contributed by atoms with van der Waals surface area (Å²) in [5.41, 5.74) is 1.00. The molecular weight excluding hydrogens is 232 g/mol. The zero-order valence-electron chi connectivity index (χ0n) is 9.48. The SMILES string of the molecule is O=C(Cc1nc2ccccc2s1)C1CCNC1. The van der Waals surface area contributed by atoms with Gasteiger partial charge in [-0.25, -0.2) is 4.98 Å². The van der Waals surface area contributed by atoms with Gasteiger partial charge in [0.1, 0.15) is 10.8 Å². The average molecular weight is 246 g/mol. The lowest BCUT2D eigenvalue weighted by Gasteiger charge is -2.04. The van der Waals surface area contributed by atoms with Crippen molar-refractivity contribution >= 4 is 27.3 Å². The van der Waals surface area contributed by atoms with E-state index in [1.807, 2.05) is 18.2 Å². The first-order valence-electron chi connectivity index (χ1n) is 5.91. The molecule has 1 unspecified atom stereocenters. The summed E-state index contributed by atoms with van der Waals surface area (Å²) < 4.78 is 1.17. The van der Waals surface area contributed by atoms with Crippen LogP contribution in [-0.2, 0) is 11.2 Å². The highest BCUT2D eigenvalue weighted by Crippen LogP contribution is 2.23. The zero-order valence-corrected chi connectivity index (χ0v) is 10.3. The van der Waals surface area contributed by atoms with Crippen LogP contribution in [0.1, 0.15) is 11.4 Å². The third-order valence-corrected chi connectivity index (χ3v) is 4.22. The Morgan fingerprint density at radius 1 is 1.47 bits per heavy atom. The van der Waals surface area contributed by atoms with Gasteiger partial charge in [0.05, 0.1) is 16.6 Å². The normalized spacial score (nSPS) is 19.9. The molecule has 1 aromatic carbocycles. The molecule has 3 nitrogen and oxygen atoms in total. The Labute approximate surface area is 104 Å². The first-order valence-corrected chi connectivity index (χ1v) is 6.72. The fraction of sp³-hybridized carbons (Fsp3) is 0.385. The van der Waals surface area contributed by atoms with Crippen molar-refractivity contribution in [1.29, 1.82) is 0 Å². The Morgan fingerprint density at radius 3 is 3.12 bits per heavy atom. The van der Waals surface area contributed by atoms with E-state index in [-0.39, 0.29) is 5.92 Å². The van der Waals surface area contributed by atoms with Crippen LogP contribution in [0.3, 0.4) is 0 Å². The minimum atomic E-state index is 0.196. The molecule has 1 fully saturated rings. The molecule has 0 saturated carbocycles. The summed E-state index contributed by atoms with van der Waals surface area (Å²) in [5.74, 6) is 0.524. The zero-order chi connectivity index (χ0) is 11.7. The molecule has 0 bridgehead atoms. The number of aromatic nitrogens is 1. The summed E-state index contributed by atoms with van der Waals surface area (Å²) in [4.78, 5) is 16.5. The van der Waals surface area contributed by atoms with Gasteiger partial charge in [0.25, 0.3) is 0 Å². The van der Waals surface area contributed by atoms with E-state index in [0.717, 1.165) is 30.0 Å². The molecule has 0 amide bonds. The lowest BCUT2D eigenvalue weighted by molar-refractivity contribution is -0.121. The Balaban J connectivity index is 1.77. The number of benzene rings is 1. The molecule has 1 atom stereocenters. The molecule has 1 aliphatic heterocycles. The predicted molar refractivity (Wildman–Crippen MR) is 69.3 cm³/mol. The van der Waals surface area contributed by atoms with Crippen LogP contribution in [-0.4, -0.2) is 23.9 Å². The Kier molecular flexibility index (Phi) is 2.91. The van der Waals surface area contributed by atoms with Crippen LogP contribution in [0.15, 0.2) is 24.3 Å². The second-order valence-electron chi connectivity index (χ2n) is 4.41. The van der Waals surface area contributed by atoms with Gasteiger partial charge in [0, 0.05) is 12.5 Å². The molecule has 2 heterocycles. The van der Waals surface area contributed by atoms with Gasteiger partial charge in [-0.1, -0.05) is 12.1 Å². The average Bonchev–Trinajstić information content (AvgIpc) is 2.97. The quantitative estimate of drug-likeness (QED) is 0.901.